The summed E-state index contributed by atoms with van der Waals surface area (Å²) in [5, 5.41) is 12.1. The Morgan fingerprint density at radius 2 is 2.10 bits per heavy atom. The third kappa shape index (κ3) is 1.84. The van der Waals surface area contributed by atoms with Crippen LogP contribution in [0.15, 0.2) is 33.2 Å². The molecule has 1 aromatic carbocycles. The summed E-state index contributed by atoms with van der Waals surface area (Å²) in [6.07, 6.45) is 2.19. The first-order valence-electron chi connectivity index (χ1n) is 7.17. The van der Waals surface area contributed by atoms with Gasteiger partial charge >= 0.3 is 0 Å². The third-order valence-electron chi connectivity index (χ3n) is 4.14. The zero-order valence-corrected chi connectivity index (χ0v) is 11.8. The predicted octanol–water partition coefficient (Wildman–Crippen LogP) is 2.09. The largest absolute Gasteiger partial charge is 0.388 e. The average Bonchev–Trinajstić information content (AvgIpc) is 3.15. The topological polar surface area (TPSA) is 74.9 Å². The predicted molar refractivity (Wildman–Crippen MR) is 79.9 cm³/mol. The van der Waals surface area contributed by atoms with Crippen LogP contribution in [0.1, 0.15) is 19.1 Å². The van der Waals surface area contributed by atoms with E-state index in [2.05, 4.69) is 25.4 Å². The Bertz CT molecular complexity index is 790. The van der Waals surface area contributed by atoms with E-state index in [1.165, 1.54) is 12.8 Å². The number of aromatic nitrogens is 2. The summed E-state index contributed by atoms with van der Waals surface area (Å²) < 4.78 is 1.96. The number of hydrogen-bond acceptors (Lipinski definition) is 6. The molecule has 2 aromatic rings. The molecule has 1 aromatic heterocycles. The Labute approximate surface area is 121 Å². The quantitative estimate of drug-likeness (QED) is 0.916. The molecule has 1 N–H and O–H groups in total. The minimum absolute atomic E-state index is 0.168. The summed E-state index contributed by atoms with van der Waals surface area (Å²) in [5.74, 6) is 0.404. The lowest BCUT2D eigenvalue weighted by molar-refractivity contribution is 0.194. The number of likely N-dealkylation sites (tertiary alicyclic amines) is 1. The maximum atomic E-state index is 12.2. The fourth-order valence-electron chi connectivity index (χ4n) is 3.05. The number of nitrogens with zero attached hydrogens (tertiary/aromatic N) is 5. The highest BCUT2D eigenvalue weighted by Crippen LogP contribution is 2.34. The second kappa shape index (κ2) is 4.63. The zero-order valence-electron chi connectivity index (χ0n) is 11.8. The third-order valence-corrected chi connectivity index (χ3v) is 4.14. The van der Waals surface area contributed by atoms with E-state index in [0.717, 1.165) is 24.3 Å². The van der Waals surface area contributed by atoms with Gasteiger partial charge in [0.2, 0.25) is 6.29 Å². The summed E-state index contributed by atoms with van der Waals surface area (Å²) in [6.45, 7) is 2.01. The second-order valence-corrected chi connectivity index (χ2v) is 5.37. The van der Waals surface area contributed by atoms with E-state index in [0.29, 0.717) is 11.3 Å². The lowest BCUT2D eigenvalue weighted by Crippen LogP contribution is -2.28. The molecule has 2 aliphatic rings. The molecular formula is C14H16N6O. The molecule has 1 fully saturated rings. The van der Waals surface area contributed by atoms with Gasteiger partial charge in [-0.05, 0) is 31.0 Å². The van der Waals surface area contributed by atoms with E-state index < -0.39 is 0 Å². The highest BCUT2D eigenvalue weighted by Gasteiger charge is 2.30. The number of fused-ring (bicyclic) bond motifs is 3. The van der Waals surface area contributed by atoms with Crippen molar-refractivity contribution in [3.63, 3.8) is 0 Å². The summed E-state index contributed by atoms with van der Waals surface area (Å²) in [7, 11) is 1.83. The van der Waals surface area contributed by atoms with E-state index >= 15 is 0 Å². The molecule has 1 unspecified atom stereocenters. The fourth-order valence-corrected chi connectivity index (χ4v) is 3.05. The lowest BCUT2D eigenvalue weighted by Gasteiger charge is -2.23. The van der Waals surface area contributed by atoms with Gasteiger partial charge in [0, 0.05) is 25.8 Å². The zero-order chi connectivity index (χ0) is 14.4. The van der Waals surface area contributed by atoms with E-state index in [-0.39, 0.29) is 11.8 Å². The van der Waals surface area contributed by atoms with Crippen LogP contribution in [0.5, 0.6) is 0 Å². The molecule has 2 aliphatic heterocycles. The molecular weight excluding hydrogens is 268 g/mol. The number of azo groups is 1. The monoisotopic (exact) mass is 284 g/mol. The molecule has 0 saturated carbocycles. The molecule has 21 heavy (non-hydrogen) atoms. The number of benzene rings is 1. The molecule has 108 valence electrons. The normalized spacial score (nSPS) is 21.1. The van der Waals surface area contributed by atoms with Crippen LogP contribution in [-0.2, 0) is 0 Å². The smallest absolute Gasteiger partial charge is 0.282 e. The highest BCUT2D eigenvalue weighted by molar-refractivity contribution is 5.83. The number of hydrogen-bond donors (Lipinski definition) is 1. The van der Waals surface area contributed by atoms with Gasteiger partial charge in [0.05, 0.1) is 10.9 Å². The van der Waals surface area contributed by atoms with Crippen LogP contribution < -0.4 is 10.9 Å². The van der Waals surface area contributed by atoms with Crippen molar-refractivity contribution in [1.82, 2.24) is 14.5 Å². The second-order valence-electron chi connectivity index (χ2n) is 5.37. The maximum Gasteiger partial charge on any atom is 0.282 e. The van der Waals surface area contributed by atoms with Gasteiger partial charge in [-0.1, -0.05) is 0 Å². The van der Waals surface area contributed by atoms with Gasteiger partial charge < -0.3 is 5.32 Å². The summed E-state index contributed by atoms with van der Waals surface area (Å²) in [5.41, 5.74) is 1.48. The van der Waals surface area contributed by atoms with Crippen molar-refractivity contribution in [2.24, 2.45) is 10.2 Å². The molecule has 7 nitrogen and oxygen atoms in total. The molecule has 0 aliphatic carbocycles. The van der Waals surface area contributed by atoms with Crippen LogP contribution >= 0.6 is 0 Å². The van der Waals surface area contributed by atoms with Gasteiger partial charge in [0.1, 0.15) is 0 Å². The van der Waals surface area contributed by atoms with Crippen LogP contribution in [0.25, 0.3) is 10.9 Å². The van der Waals surface area contributed by atoms with Crippen LogP contribution in [0.2, 0.25) is 0 Å². The van der Waals surface area contributed by atoms with Crippen LogP contribution in [-0.4, -0.2) is 34.6 Å². The van der Waals surface area contributed by atoms with Gasteiger partial charge in [-0.3, -0.25) is 14.3 Å². The molecule has 0 amide bonds. The average molecular weight is 284 g/mol. The fraction of sp³-hybridized carbons (Fsp3) is 0.429. The highest BCUT2D eigenvalue weighted by atomic mass is 16.1. The molecule has 0 bridgehead atoms. The molecule has 0 spiro atoms. The van der Waals surface area contributed by atoms with Gasteiger partial charge in [-0.2, -0.15) is 4.98 Å². The Morgan fingerprint density at radius 3 is 2.86 bits per heavy atom. The van der Waals surface area contributed by atoms with Crippen molar-refractivity contribution < 1.29 is 0 Å². The van der Waals surface area contributed by atoms with E-state index in [4.69, 9.17) is 0 Å². The SMILES string of the molecule is CNc1ccc2c(c1)c(=O)nc1n2C(N2CCCC2)N=N1. The number of anilines is 1. The van der Waals surface area contributed by atoms with Crippen molar-refractivity contribution in [3.8, 4) is 0 Å². The molecule has 0 radical (unpaired) electrons. The Balaban J connectivity index is 1.93. The standard InChI is InChI=1S/C14H16N6O/c1-15-9-4-5-11-10(8-9)12(21)16-13-17-18-14(20(11)13)19-6-2-3-7-19/h4-5,8,14-15H,2-3,6-7H2,1H3. The summed E-state index contributed by atoms with van der Waals surface area (Å²) >= 11 is 0. The molecule has 1 atom stereocenters. The molecule has 4 rings (SSSR count). The minimum Gasteiger partial charge on any atom is -0.388 e. The summed E-state index contributed by atoms with van der Waals surface area (Å²) in [4.78, 5) is 18.5. The van der Waals surface area contributed by atoms with E-state index in [1.807, 2.05) is 29.8 Å². The van der Waals surface area contributed by atoms with Crippen LogP contribution in [0.3, 0.4) is 0 Å². The van der Waals surface area contributed by atoms with Crippen molar-refractivity contribution in [2.45, 2.75) is 19.1 Å². The van der Waals surface area contributed by atoms with Crippen LogP contribution in [0, 0.1) is 0 Å². The first-order chi connectivity index (χ1) is 10.3. The van der Waals surface area contributed by atoms with Gasteiger partial charge in [0.25, 0.3) is 11.5 Å². The Morgan fingerprint density at radius 1 is 1.29 bits per heavy atom. The molecule has 7 heteroatoms. The van der Waals surface area contributed by atoms with Gasteiger partial charge in [-0.25, -0.2) is 0 Å². The Hall–Kier alpha value is -2.28. The summed E-state index contributed by atoms with van der Waals surface area (Å²) in [6, 6.07) is 5.72. The first-order valence-corrected chi connectivity index (χ1v) is 7.17. The van der Waals surface area contributed by atoms with Crippen molar-refractivity contribution in [1.29, 1.82) is 0 Å². The number of nitrogens with one attached hydrogen (secondary N) is 1. The maximum absolute atomic E-state index is 12.2. The van der Waals surface area contributed by atoms with Gasteiger partial charge in [0.15, 0.2) is 0 Å². The lowest BCUT2D eigenvalue weighted by atomic mass is 10.2. The molecule has 1 saturated heterocycles. The Kier molecular flexibility index (Phi) is 2.75. The van der Waals surface area contributed by atoms with E-state index in [9.17, 15) is 4.79 Å². The van der Waals surface area contributed by atoms with Crippen molar-refractivity contribution in [3.05, 3.63) is 28.6 Å². The van der Waals surface area contributed by atoms with Crippen LogP contribution in [0.4, 0.5) is 11.6 Å². The van der Waals surface area contributed by atoms with Crippen molar-refractivity contribution in [2.75, 3.05) is 25.5 Å². The number of rotatable bonds is 2. The molecule has 3 heterocycles. The minimum atomic E-state index is -0.255. The van der Waals surface area contributed by atoms with Gasteiger partial charge in [-0.15, -0.1) is 10.2 Å². The van der Waals surface area contributed by atoms with Crippen molar-refractivity contribution >= 4 is 22.5 Å². The van der Waals surface area contributed by atoms with E-state index in [1.54, 1.807) is 0 Å². The first kappa shape index (κ1) is 12.5.